The zero-order chi connectivity index (χ0) is 14.5. The summed E-state index contributed by atoms with van der Waals surface area (Å²) < 4.78 is 18.4. The lowest BCUT2D eigenvalue weighted by Gasteiger charge is -2.10. The molecule has 20 heavy (non-hydrogen) atoms. The molecule has 0 aliphatic carbocycles. The number of ether oxygens (including phenoxy) is 1. The van der Waals surface area contributed by atoms with Gasteiger partial charge >= 0.3 is 0 Å². The van der Waals surface area contributed by atoms with Gasteiger partial charge in [-0.2, -0.15) is 0 Å². The Bertz CT molecular complexity index is 631. The maximum absolute atomic E-state index is 13.1. The summed E-state index contributed by atoms with van der Waals surface area (Å²) in [6.07, 6.45) is 0. The molecule has 0 aromatic heterocycles. The molecule has 5 heteroatoms. The van der Waals surface area contributed by atoms with Crippen LogP contribution in [0.15, 0.2) is 42.5 Å². The van der Waals surface area contributed by atoms with Gasteiger partial charge in [0, 0.05) is 5.69 Å². The number of carbonyl (C=O) groups excluding carboxylic acids is 1. The lowest BCUT2D eigenvalue weighted by atomic mass is 10.2. The minimum atomic E-state index is -0.405. The number of carbonyl (C=O) groups is 1. The largest absolute Gasteiger partial charge is 0.482 e. The minimum Gasteiger partial charge on any atom is -0.482 e. The molecule has 3 nitrogen and oxygen atoms in total. The highest BCUT2D eigenvalue weighted by Gasteiger charge is 2.08. The van der Waals surface area contributed by atoms with Gasteiger partial charge in [-0.15, -0.1) is 0 Å². The molecule has 1 amide bonds. The third-order valence-electron chi connectivity index (χ3n) is 2.67. The molecule has 0 aliphatic rings. The second-order valence-corrected chi connectivity index (χ2v) is 4.63. The number of halogens is 2. The summed E-state index contributed by atoms with van der Waals surface area (Å²) in [7, 11) is 0. The number of anilines is 1. The van der Waals surface area contributed by atoms with Gasteiger partial charge in [0.1, 0.15) is 11.6 Å². The number of benzene rings is 2. The molecular formula is C15H13ClFNO2. The van der Waals surface area contributed by atoms with Crippen molar-refractivity contribution in [3.8, 4) is 5.75 Å². The molecule has 0 atom stereocenters. The lowest BCUT2D eigenvalue weighted by Crippen LogP contribution is -2.20. The fourth-order valence-corrected chi connectivity index (χ4v) is 1.81. The summed E-state index contributed by atoms with van der Waals surface area (Å²) in [6.45, 7) is 1.59. The number of hydrogen-bond acceptors (Lipinski definition) is 2. The molecule has 0 saturated carbocycles. The molecule has 104 valence electrons. The van der Waals surface area contributed by atoms with Crippen molar-refractivity contribution in [3.05, 3.63) is 58.9 Å². The molecule has 0 heterocycles. The van der Waals surface area contributed by atoms with Crippen molar-refractivity contribution in [2.45, 2.75) is 6.92 Å². The van der Waals surface area contributed by atoms with Crippen molar-refractivity contribution in [1.29, 1.82) is 0 Å². The zero-order valence-electron chi connectivity index (χ0n) is 10.8. The Labute approximate surface area is 121 Å². The molecule has 2 aromatic carbocycles. The summed E-state index contributed by atoms with van der Waals surface area (Å²) in [6, 6.07) is 11.1. The van der Waals surface area contributed by atoms with Crippen molar-refractivity contribution in [2.75, 3.05) is 11.9 Å². The van der Waals surface area contributed by atoms with Crippen LogP contribution in [0.25, 0.3) is 0 Å². The van der Waals surface area contributed by atoms with E-state index in [9.17, 15) is 9.18 Å². The van der Waals surface area contributed by atoms with Gasteiger partial charge in [0.05, 0.1) is 5.02 Å². The summed E-state index contributed by atoms with van der Waals surface area (Å²) in [5, 5.41) is 3.03. The Kier molecular flexibility index (Phi) is 4.58. The van der Waals surface area contributed by atoms with Crippen LogP contribution in [-0.2, 0) is 4.79 Å². The topological polar surface area (TPSA) is 38.3 Å². The van der Waals surface area contributed by atoms with Gasteiger partial charge in [-0.3, -0.25) is 4.79 Å². The van der Waals surface area contributed by atoms with Gasteiger partial charge in [-0.05, 0) is 36.8 Å². The quantitative estimate of drug-likeness (QED) is 0.931. The summed E-state index contributed by atoms with van der Waals surface area (Å²) in [5.74, 6) is -0.350. The van der Waals surface area contributed by atoms with E-state index < -0.39 is 5.82 Å². The van der Waals surface area contributed by atoms with Gasteiger partial charge in [-0.25, -0.2) is 4.39 Å². The van der Waals surface area contributed by atoms with Crippen molar-refractivity contribution >= 4 is 23.2 Å². The highest BCUT2D eigenvalue weighted by Crippen LogP contribution is 2.23. The van der Waals surface area contributed by atoms with Gasteiger partial charge in [0.2, 0.25) is 0 Å². The Morgan fingerprint density at radius 1 is 1.30 bits per heavy atom. The molecule has 2 rings (SSSR count). The highest BCUT2D eigenvalue weighted by atomic mass is 35.5. The van der Waals surface area contributed by atoms with Crippen LogP contribution in [-0.4, -0.2) is 12.5 Å². The van der Waals surface area contributed by atoms with E-state index in [2.05, 4.69) is 5.32 Å². The van der Waals surface area contributed by atoms with Crippen LogP contribution in [0.2, 0.25) is 5.02 Å². The molecule has 0 bridgehead atoms. The van der Waals surface area contributed by atoms with Crippen LogP contribution >= 0.6 is 11.6 Å². The van der Waals surface area contributed by atoms with E-state index in [4.69, 9.17) is 16.3 Å². The van der Waals surface area contributed by atoms with E-state index in [0.29, 0.717) is 16.5 Å². The number of rotatable bonds is 4. The van der Waals surface area contributed by atoms with Crippen LogP contribution in [0.5, 0.6) is 5.75 Å². The first kappa shape index (κ1) is 14.3. The van der Waals surface area contributed by atoms with Crippen molar-refractivity contribution in [1.82, 2.24) is 0 Å². The first-order valence-electron chi connectivity index (χ1n) is 5.99. The summed E-state index contributed by atoms with van der Waals surface area (Å²) in [4.78, 5) is 11.8. The third-order valence-corrected chi connectivity index (χ3v) is 2.98. The van der Waals surface area contributed by atoms with Gasteiger partial charge in [0.25, 0.3) is 5.91 Å². The van der Waals surface area contributed by atoms with Crippen molar-refractivity contribution in [2.24, 2.45) is 0 Å². The Morgan fingerprint density at radius 2 is 2.05 bits per heavy atom. The van der Waals surface area contributed by atoms with Crippen molar-refractivity contribution < 1.29 is 13.9 Å². The average molecular weight is 294 g/mol. The van der Waals surface area contributed by atoms with Gasteiger partial charge in [0.15, 0.2) is 6.61 Å². The number of aryl methyl sites for hydroxylation is 1. The first-order valence-corrected chi connectivity index (χ1v) is 6.37. The summed E-state index contributed by atoms with van der Waals surface area (Å²) in [5.41, 5.74) is 1.20. The van der Waals surface area contributed by atoms with E-state index in [1.165, 1.54) is 12.1 Å². The third kappa shape index (κ3) is 3.71. The standard InChI is InChI=1S/C15H13ClFNO2/c1-10-6-7-11(17)8-13(10)18-15(19)9-20-14-5-3-2-4-12(14)16/h2-8H,9H2,1H3,(H,18,19). The lowest BCUT2D eigenvalue weighted by molar-refractivity contribution is -0.118. The molecule has 2 aromatic rings. The van der Waals surface area contributed by atoms with Crippen LogP contribution in [0.4, 0.5) is 10.1 Å². The SMILES string of the molecule is Cc1ccc(F)cc1NC(=O)COc1ccccc1Cl. The predicted octanol–water partition coefficient (Wildman–Crippen LogP) is 3.81. The van der Waals surface area contributed by atoms with Crippen LogP contribution in [0.1, 0.15) is 5.56 Å². The fourth-order valence-electron chi connectivity index (χ4n) is 1.62. The Balaban J connectivity index is 1.96. The Morgan fingerprint density at radius 3 is 2.80 bits per heavy atom. The van der Waals surface area contributed by atoms with Crippen molar-refractivity contribution in [3.63, 3.8) is 0 Å². The van der Waals surface area contributed by atoms with Gasteiger partial charge < -0.3 is 10.1 Å². The molecular weight excluding hydrogens is 281 g/mol. The molecule has 0 spiro atoms. The van der Waals surface area contributed by atoms with Crippen LogP contribution in [0.3, 0.4) is 0 Å². The van der Waals surface area contributed by atoms with E-state index in [-0.39, 0.29) is 12.5 Å². The molecule has 1 N–H and O–H groups in total. The highest BCUT2D eigenvalue weighted by molar-refractivity contribution is 6.32. The fraction of sp³-hybridized carbons (Fsp3) is 0.133. The average Bonchev–Trinajstić information content (AvgIpc) is 2.42. The molecule has 0 fully saturated rings. The van der Waals surface area contributed by atoms with Gasteiger partial charge in [-0.1, -0.05) is 29.8 Å². The predicted molar refractivity (Wildman–Crippen MR) is 76.7 cm³/mol. The van der Waals surface area contributed by atoms with Crippen LogP contribution in [0, 0.1) is 12.7 Å². The van der Waals surface area contributed by atoms with E-state index in [1.807, 2.05) is 0 Å². The molecule has 0 radical (unpaired) electrons. The molecule has 0 saturated heterocycles. The smallest absolute Gasteiger partial charge is 0.262 e. The zero-order valence-corrected chi connectivity index (χ0v) is 11.6. The number of nitrogens with one attached hydrogen (secondary N) is 1. The normalized spacial score (nSPS) is 10.2. The second-order valence-electron chi connectivity index (χ2n) is 4.23. The number of amides is 1. The first-order chi connectivity index (χ1) is 9.56. The second kappa shape index (κ2) is 6.39. The van der Waals surface area contributed by atoms with Crippen LogP contribution < -0.4 is 10.1 Å². The minimum absolute atomic E-state index is 0.195. The number of para-hydroxylation sites is 1. The van der Waals surface area contributed by atoms with E-state index >= 15 is 0 Å². The molecule has 0 aliphatic heterocycles. The van der Waals surface area contributed by atoms with E-state index in [0.717, 1.165) is 5.56 Å². The molecule has 0 unspecified atom stereocenters. The summed E-state index contributed by atoms with van der Waals surface area (Å²) >= 11 is 5.91. The van der Waals surface area contributed by atoms with E-state index in [1.54, 1.807) is 37.3 Å². The maximum atomic E-state index is 13.1. The monoisotopic (exact) mass is 293 g/mol. The maximum Gasteiger partial charge on any atom is 0.262 e. The Hall–Kier alpha value is -2.07. The number of hydrogen-bond donors (Lipinski definition) is 1.